The van der Waals surface area contributed by atoms with Crippen molar-refractivity contribution in [3.63, 3.8) is 0 Å². The van der Waals surface area contributed by atoms with Crippen molar-refractivity contribution >= 4 is 5.78 Å². The second-order valence-corrected chi connectivity index (χ2v) is 5.39. The molecule has 2 unspecified atom stereocenters. The third-order valence-electron chi connectivity index (χ3n) is 3.73. The Hall–Kier alpha value is -1.19. The number of ketones is 1. The molecule has 2 atom stereocenters. The lowest BCUT2D eigenvalue weighted by molar-refractivity contribution is 0.0891. The minimum absolute atomic E-state index is 0.0490. The quantitative estimate of drug-likeness (QED) is 0.828. The van der Waals surface area contributed by atoms with Crippen LogP contribution in [0.3, 0.4) is 0 Å². The van der Waals surface area contributed by atoms with Gasteiger partial charge in [-0.3, -0.25) is 4.79 Å². The van der Waals surface area contributed by atoms with E-state index in [1.165, 1.54) is 0 Å². The molecule has 1 aliphatic rings. The summed E-state index contributed by atoms with van der Waals surface area (Å²) in [6, 6.07) is 6.22. The number of ether oxygens (including phenoxy) is 1. The maximum Gasteiger partial charge on any atom is 0.170 e. The Bertz CT molecular complexity index is 456. The number of carbonyl (C=O) groups is 1. The Kier molecular flexibility index (Phi) is 4.72. The molecule has 1 N–H and O–H groups in total. The molecule has 0 spiro atoms. The summed E-state index contributed by atoms with van der Waals surface area (Å²) in [4.78, 5) is 12.7. The zero-order chi connectivity index (χ0) is 13.8. The molecule has 104 valence electrons. The average Bonchev–Trinajstić information content (AvgIpc) is 2.86. The molecule has 1 aliphatic heterocycles. The Morgan fingerprint density at radius 1 is 1.37 bits per heavy atom. The van der Waals surface area contributed by atoms with Crippen LogP contribution in [0.1, 0.15) is 34.8 Å². The number of hydrogen-bond acceptors (Lipinski definition) is 3. The van der Waals surface area contributed by atoms with E-state index in [2.05, 4.69) is 12.2 Å². The molecule has 3 heteroatoms. The van der Waals surface area contributed by atoms with Crippen LogP contribution in [0.5, 0.6) is 0 Å². The lowest BCUT2D eigenvalue weighted by Gasteiger charge is -2.19. The predicted molar refractivity (Wildman–Crippen MR) is 76.6 cm³/mol. The highest BCUT2D eigenvalue weighted by Crippen LogP contribution is 2.22. The topological polar surface area (TPSA) is 38.3 Å². The van der Waals surface area contributed by atoms with Gasteiger partial charge in [-0.2, -0.15) is 0 Å². The van der Waals surface area contributed by atoms with E-state index in [1.54, 1.807) is 0 Å². The minimum Gasteiger partial charge on any atom is -0.379 e. The van der Waals surface area contributed by atoms with Gasteiger partial charge in [-0.25, -0.2) is 0 Å². The molecule has 0 aromatic heterocycles. The largest absolute Gasteiger partial charge is 0.379 e. The Balaban J connectivity index is 2.16. The lowest BCUT2D eigenvalue weighted by Crippen LogP contribution is -2.39. The third kappa shape index (κ3) is 3.23. The maximum atomic E-state index is 12.7. The number of benzene rings is 1. The van der Waals surface area contributed by atoms with Crippen molar-refractivity contribution in [3.8, 4) is 0 Å². The number of hydrogen-bond donors (Lipinski definition) is 1. The smallest absolute Gasteiger partial charge is 0.170 e. The number of Topliss-reactive ketones (excluding diaryl/α,β-unsaturated/α-hetero) is 1. The highest BCUT2D eigenvalue weighted by molar-refractivity contribution is 6.00. The SMILES string of the molecule is CCCNC1COCC1C(=O)c1cc(C)ccc1C. The van der Waals surface area contributed by atoms with Crippen molar-refractivity contribution in [1.29, 1.82) is 0 Å². The van der Waals surface area contributed by atoms with Gasteiger partial charge in [0, 0.05) is 11.6 Å². The molecule has 19 heavy (non-hydrogen) atoms. The molecule has 0 aliphatic carbocycles. The van der Waals surface area contributed by atoms with Crippen LogP contribution in [-0.2, 0) is 4.74 Å². The first kappa shape index (κ1) is 14.2. The predicted octanol–water partition coefficient (Wildman–Crippen LogP) is 2.50. The minimum atomic E-state index is -0.0490. The van der Waals surface area contributed by atoms with E-state index < -0.39 is 0 Å². The first-order valence-corrected chi connectivity index (χ1v) is 7.06. The van der Waals surface area contributed by atoms with Crippen LogP contribution < -0.4 is 5.32 Å². The molecule has 0 radical (unpaired) electrons. The van der Waals surface area contributed by atoms with E-state index in [4.69, 9.17) is 4.74 Å². The van der Waals surface area contributed by atoms with Gasteiger partial charge in [0.05, 0.1) is 19.1 Å². The summed E-state index contributed by atoms with van der Waals surface area (Å²) in [5.41, 5.74) is 3.03. The summed E-state index contributed by atoms with van der Waals surface area (Å²) in [5, 5.41) is 3.42. The monoisotopic (exact) mass is 261 g/mol. The molecule has 0 amide bonds. The Labute approximate surface area is 115 Å². The van der Waals surface area contributed by atoms with Crippen molar-refractivity contribution in [1.82, 2.24) is 5.32 Å². The molecule has 1 aromatic carbocycles. The van der Waals surface area contributed by atoms with Crippen LogP contribution in [-0.4, -0.2) is 31.6 Å². The second kappa shape index (κ2) is 6.31. The summed E-state index contributed by atoms with van der Waals surface area (Å²) >= 11 is 0. The molecular formula is C16H23NO2. The van der Waals surface area contributed by atoms with Gasteiger partial charge in [0.2, 0.25) is 0 Å². The molecule has 1 fully saturated rings. The summed E-state index contributed by atoms with van der Waals surface area (Å²) < 4.78 is 5.50. The van der Waals surface area contributed by atoms with Gasteiger partial charge in [-0.15, -0.1) is 0 Å². The van der Waals surface area contributed by atoms with Gasteiger partial charge in [0.25, 0.3) is 0 Å². The zero-order valence-electron chi connectivity index (χ0n) is 12.0. The van der Waals surface area contributed by atoms with Crippen LogP contribution in [0.15, 0.2) is 18.2 Å². The fourth-order valence-corrected chi connectivity index (χ4v) is 2.54. The van der Waals surface area contributed by atoms with Crippen molar-refractivity contribution in [2.75, 3.05) is 19.8 Å². The van der Waals surface area contributed by atoms with E-state index in [9.17, 15) is 4.79 Å². The first-order valence-electron chi connectivity index (χ1n) is 7.06. The van der Waals surface area contributed by atoms with Crippen molar-refractivity contribution in [3.05, 3.63) is 34.9 Å². The Morgan fingerprint density at radius 2 is 2.16 bits per heavy atom. The second-order valence-electron chi connectivity index (χ2n) is 5.39. The number of nitrogens with one attached hydrogen (secondary N) is 1. The maximum absolute atomic E-state index is 12.7. The van der Waals surface area contributed by atoms with Crippen molar-refractivity contribution in [2.24, 2.45) is 5.92 Å². The van der Waals surface area contributed by atoms with Crippen LogP contribution in [0.2, 0.25) is 0 Å². The summed E-state index contributed by atoms with van der Waals surface area (Å²) in [6.45, 7) is 8.26. The normalized spacial score (nSPS) is 22.7. The number of rotatable bonds is 5. The molecule has 0 bridgehead atoms. The summed E-state index contributed by atoms with van der Waals surface area (Å²) in [5.74, 6) is 0.166. The molecule has 1 heterocycles. The summed E-state index contributed by atoms with van der Waals surface area (Å²) in [7, 11) is 0. The van der Waals surface area contributed by atoms with E-state index >= 15 is 0 Å². The third-order valence-corrected chi connectivity index (χ3v) is 3.73. The van der Waals surface area contributed by atoms with E-state index in [1.807, 2.05) is 32.0 Å². The fraction of sp³-hybridized carbons (Fsp3) is 0.562. The molecule has 0 saturated carbocycles. The van der Waals surface area contributed by atoms with Gasteiger partial charge < -0.3 is 10.1 Å². The number of aryl methyl sites for hydroxylation is 2. The average molecular weight is 261 g/mol. The molecule has 3 nitrogen and oxygen atoms in total. The molecular weight excluding hydrogens is 238 g/mol. The summed E-state index contributed by atoms with van der Waals surface area (Å²) in [6.07, 6.45) is 1.07. The first-order chi connectivity index (χ1) is 9.13. The fourth-order valence-electron chi connectivity index (χ4n) is 2.54. The standard InChI is InChI=1S/C16H23NO2/c1-4-7-17-15-10-19-9-14(15)16(18)13-8-11(2)5-6-12(13)3/h5-6,8,14-15,17H,4,7,9-10H2,1-3H3. The zero-order valence-corrected chi connectivity index (χ0v) is 12.0. The molecule has 1 saturated heterocycles. The van der Waals surface area contributed by atoms with Crippen molar-refractivity contribution in [2.45, 2.75) is 33.2 Å². The molecule has 2 rings (SSSR count). The highest BCUT2D eigenvalue weighted by Gasteiger charge is 2.34. The van der Waals surface area contributed by atoms with Crippen LogP contribution >= 0.6 is 0 Å². The van der Waals surface area contributed by atoms with Gasteiger partial charge >= 0.3 is 0 Å². The number of carbonyl (C=O) groups excluding carboxylic acids is 1. The Morgan fingerprint density at radius 3 is 2.89 bits per heavy atom. The van der Waals surface area contributed by atoms with E-state index in [0.717, 1.165) is 29.7 Å². The van der Waals surface area contributed by atoms with Crippen LogP contribution in [0.4, 0.5) is 0 Å². The highest BCUT2D eigenvalue weighted by atomic mass is 16.5. The van der Waals surface area contributed by atoms with E-state index in [0.29, 0.717) is 13.2 Å². The van der Waals surface area contributed by atoms with Gasteiger partial charge in [-0.05, 0) is 38.4 Å². The van der Waals surface area contributed by atoms with Crippen molar-refractivity contribution < 1.29 is 9.53 Å². The van der Waals surface area contributed by atoms with E-state index in [-0.39, 0.29) is 17.7 Å². The molecule has 1 aromatic rings. The lowest BCUT2D eigenvalue weighted by atomic mass is 9.90. The van der Waals surface area contributed by atoms with Gasteiger partial charge in [0.1, 0.15) is 0 Å². The van der Waals surface area contributed by atoms with Crippen LogP contribution in [0, 0.1) is 19.8 Å². The van der Waals surface area contributed by atoms with Crippen LogP contribution in [0.25, 0.3) is 0 Å². The van der Waals surface area contributed by atoms with Gasteiger partial charge in [-0.1, -0.05) is 24.6 Å². The van der Waals surface area contributed by atoms with Gasteiger partial charge in [0.15, 0.2) is 5.78 Å².